The first-order valence-corrected chi connectivity index (χ1v) is 10.3. The molecule has 1 aromatic rings. The first-order valence-electron chi connectivity index (χ1n) is 10.3. The molecule has 0 aliphatic rings. The second-order valence-corrected chi connectivity index (χ2v) is 10.9. The topological polar surface area (TPSA) is 40.5 Å². The van der Waals surface area contributed by atoms with Gasteiger partial charge in [-0.1, -0.05) is 53.7 Å². The summed E-state index contributed by atoms with van der Waals surface area (Å²) in [5.74, 6) is -1.20. The van der Waals surface area contributed by atoms with Crippen molar-refractivity contribution in [2.45, 2.75) is 89.8 Å². The number of aliphatic hydroxyl groups is 2. The van der Waals surface area contributed by atoms with Crippen molar-refractivity contribution >= 4 is 0 Å². The molecule has 0 heterocycles. The van der Waals surface area contributed by atoms with Crippen LogP contribution in [0.5, 0.6) is 0 Å². The highest BCUT2D eigenvalue weighted by molar-refractivity contribution is 5.42. The van der Waals surface area contributed by atoms with Gasteiger partial charge in [-0.2, -0.15) is 52.7 Å². The highest BCUT2D eigenvalue weighted by Crippen LogP contribution is 2.55. The molecule has 2 nitrogen and oxygen atoms in total. The number of alkyl halides is 12. The maximum absolute atomic E-state index is 13.5. The minimum absolute atomic E-state index is 0.0826. The average Bonchev–Trinajstić information content (AvgIpc) is 2.58. The van der Waals surface area contributed by atoms with Crippen molar-refractivity contribution in [1.29, 1.82) is 0 Å². The highest BCUT2D eigenvalue weighted by Gasteiger charge is 2.74. The molecular formula is C22H26F12O2. The van der Waals surface area contributed by atoms with E-state index in [0.29, 0.717) is 0 Å². The fourth-order valence-corrected chi connectivity index (χ4v) is 3.78. The number of benzene rings is 1. The van der Waals surface area contributed by atoms with Crippen LogP contribution in [0.4, 0.5) is 52.7 Å². The van der Waals surface area contributed by atoms with Crippen molar-refractivity contribution in [3.63, 3.8) is 0 Å². The summed E-state index contributed by atoms with van der Waals surface area (Å²) < 4.78 is 163. The molecule has 2 N–H and O–H groups in total. The summed E-state index contributed by atoms with van der Waals surface area (Å²) in [5, 5.41) is 19.6. The standard InChI is InChI=1S/C22H26F12O2/c1-15(2,3)10-14(16(4,5)6)11-7-12(17(35,19(23,24)25)20(26,27)28)9-13(8-11)18(36,21(29,30)31)22(32,33)34/h7-9,14,35-36H,10H2,1-6H3. The average molecular weight is 550 g/mol. The minimum atomic E-state index is -6.60. The SMILES string of the molecule is CC(C)(C)CC(c1cc(C(O)(C(F)(F)F)C(F)(F)F)cc(C(O)(C(F)(F)F)C(F)(F)F)c1)C(C)(C)C. The minimum Gasteiger partial charge on any atom is -0.369 e. The lowest BCUT2D eigenvalue weighted by molar-refractivity contribution is -0.378. The summed E-state index contributed by atoms with van der Waals surface area (Å²) in [7, 11) is 0. The van der Waals surface area contributed by atoms with Gasteiger partial charge in [-0.05, 0) is 34.8 Å². The van der Waals surface area contributed by atoms with Gasteiger partial charge >= 0.3 is 24.7 Å². The largest absolute Gasteiger partial charge is 0.430 e. The van der Waals surface area contributed by atoms with Gasteiger partial charge in [-0.3, -0.25) is 0 Å². The smallest absolute Gasteiger partial charge is 0.369 e. The Labute approximate surface area is 199 Å². The fourth-order valence-electron chi connectivity index (χ4n) is 3.78. The third-order valence-electron chi connectivity index (χ3n) is 5.70. The van der Waals surface area contributed by atoms with Gasteiger partial charge in [0.25, 0.3) is 11.2 Å². The molecule has 1 aromatic carbocycles. The van der Waals surface area contributed by atoms with Crippen LogP contribution in [0.25, 0.3) is 0 Å². The number of hydrogen-bond donors (Lipinski definition) is 2. The molecule has 0 aliphatic heterocycles. The third-order valence-corrected chi connectivity index (χ3v) is 5.70. The Balaban J connectivity index is 4.36. The van der Waals surface area contributed by atoms with Crippen LogP contribution < -0.4 is 0 Å². The van der Waals surface area contributed by atoms with E-state index in [9.17, 15) is 62.9 Å². The third kappa shape index (κ3) is 5.89. The molecule has 1 rings (SSSR count). The first-order chi connectivity index (χ1) is 15.4. The van der Waals surface area contributed by atoms with Crippen molar-refractivity contribution in [3.05, 3.63) is 34.9 Å². The van der Waals surface area contributed by atoms with Crippen molar-refractivity contribution in [1.82, 2.24) is 0 Å². The van der Waals surface area contributed by atoms with Gasteiger partial charge < -0.3 is 10.2 Å². The van der Waals surface area contributed by atoms with E-state index in [1.165, 1.54) is 20.8 Å². The lowest BCUT2D eigenvalue weighted by Gasteiger charge is -2.39. The zero-order chi connectivity index (χ0) is 29.1. The van der Waals surface area contributed by atoms with Crippen LogP contribution in [-0.4, -0.2) is 34.9 Å². The van der Waals surface area contributed by atoms with Gasteiger partial charge in [0.15, 0.2) is 0 Å². The summed E-state index contributed by atoms with van der Waals surface area (Å²) in [5.41, 5.74) is -19.0. The Kier molecular flexibility index (Phi) is 8.04. The quantitative estimate of drug-likeness (QED) is 0.375. The summed E-state index contributed by atoms with van der Waals surface area (Å²) in [6.07, 6.45) is -26.5. The van der Waals surface area contributed by atoms with Crippen molar-refractivity contribution in [3.8, 4) is 0 Å². The molecule has 1 atom stereocenters. The molecule has 0 amide bonds. The van der Waals surface area contributed by atoms with E-state index in [0.717, 1.165) is 0 Å². The number of rotatable bonds is 4. The maximum Gasteiger partial charge on any atom is 0.430 e. The van der Waals surface area contributed by atoms with Crippen LogP contribution in [0.1, 0.15) is 70.6 Å². The monoisotopic (exact) mass is 550 g/mol. The van der Waals surface area contributed by atoms with Gasteiger partial charge in [-0.15, -0.1) is 0 Å². The van der Waals surface area contributed by atoms with Gasteiger partial charge in [0, 0.05) is 11.1 Å². The lowest BCUT2D eigenvalue weighted by atomic mass is 9.68. The van der Waals surface area contributed by atoms with Gasteiger partial charge in [0.2, 0.25) is 0 Å². The molecule has 0 bridgehead atoms. The number of hydrogen-bond acceptors (Lipinski definition) is 2. The second kappa shape index (κ2) is 8.95. The summed E-state index contributed by atoms with van der Waals surface area (Å²) in [6.45, 7) is 9.03. The van der Waals surface area contributed by atoms with Crippen LogP contribution >= 0.6 is 0 Å². The van der Waals surface area contributed by atoms with Crippen LogP contribution in [-0.2, 0) is 11.2 Å². The number of halogens is 12. The van der Waals surface area contributed by atoms with E-state index in [4.69, 9.17) is 0 Å². The summed E-state index contributed by atoms with van der Waals surface area (Å²) in [6, 6.07) is -0.596. The maximum atomic E-state index is 13.5. The molecule has 14 heteroatoms. The van der Waals surface area contributed by atoms with Crippen LogP contribution in [0.3, 0.4) is 0 Å². The Morgan fingerprint density at radius 3 is 1.03 bits per heavy atom. The lowest BCUT2D eigenvalue weighted by Crippen LogP contribution is -2.56. The molecule has 0 fully saturated rings. The van der Waals surface area contributed by atoms with E-state index in [-0.39, 0.29) is 18.6 Å². The summed E-state index contributed by atoms with van der Waals surface area (Å²) in [4.78, 5) is 0. The van der Waals surface area contributed by atoms with E-state index < -0.39 is 75.4 Å². The summed E-state index contributed by atoms with van der Waals surface area (Å²) >= 11 is 0. The highest BCUT2D eigenvalue weighted by atomic mass is 19.4. The van der Waals surface area contributed by atoms with Crippen molar-refractivity contribution in [2.75, 3.05) is 0 Å². The predicted molar refractivity (Wildman–Crippen MR) is 105 cm³/mol. The molecule has 0 saturated carbocycles. The molecule has 36 heavy (non-hydrogen) atoms. The Morgan fingerprint density at radius 1 is 0.556 bits per heavy atom. The van der Waals surface area contributed by atoms with Gasteiger partial charge in [-0.25, -0.2) is 0 Å². The van der Waals surface area contributed by atoms with E-state index in [1.54, 1.807) is 20.8 Å². The molecule has 0 saturated heterocycles. The zero-order valence-electron chi connectivity index (χ0n) is 19.9. The van der Waals surface area contributed by atoms with Crippen molar-refractivity contribution < 1.29 is 62.9 Å². The second-order valence-electron chi connectivity index (χ2n) is 10.9. The van der Waals surface area contributed by atoms with Gasteiger partial charge in [0.1, 0.15) is 0 Å². The van der Waals surface area contributed by atoms with Crippen molar-refractivity contribution in [2.24, 2.45) is 10.8 Å². The normalized spacial score (nSPS) is 16.3. The molecule has 210 valence electrons. The van der Waals surface area contributed by atoms with Crippen LogP contribution in [0, 0.1) is 10.8 Å². The van der Waals surface area contributed by atoms with Crippen LogP contribution in [0.15, 0.2) is 18.2 Å². The molecule has 0 aromatic heterocycles. The van der Waals surface area contributed by atoms with E-state index >= 15 is 0 Å². The molecule has 0 radical (unpaired) electrons. The Bertz CT molecular complexity index is 841. The fraction of sp³-hybridized carbons (Fsp3) is 0.727. The molecule has 0 aliphatic carbocycles. The molecule has 1 unspecified atom stereocenters. The Hall–Kier alpha value is -1.70. The molecular weight excluding hydrogens is 524 g/mol. The first kappa shape index (κ1) is 32.3. The van der Waals surface area contributed by atoms with Gasteiger partial charge in [0.05, 0.1) is 0 Å². The van der Waals surface area contributed by atoms with Crippen LogP contribution in [0.2, 0.25) is 0 Å². The van der Waals surface area contributed by atoms with E-state index in [1.807, 2.05) is 0 Å². The zero-order valence-corrected chi connectivity index (χ0v) is 19.9. The molecule has 0 spiro atoms. The van der Waals surface area contributed by atoms with E-state index in [2.05, 4.69) is 0 Å². The Morgan fingerprint density at radius 2 is 0.833 bits per heavy atom. The predicted octanol–water partition coefficient (Wildman–Crippen LogP) is 7.88.